The van der Waals surface area contributed by atoms with Gasteiger partial charge >= 0.3 is 0 Å². The van der Waals surface area contributed by atoms with Crippen LogP contribution in [0.25, 0.3) is 11.0 Å². The Morgan fingerprint density at radius 1 is 1.00 bits per heavy atom. The molecule has 0 aliphatic rings. The van der Waals surface area contributed by atoms with E-state index < -0.39 is 12.1 Å². The smallest absolute Gasteiger partial charge is 0.126 e. The van der Waals surface area contributed by atoms with Gasteiger partial charge in [-0.05, 0) is 41.8 Å². The molecule has 2 heterocycles. The van der Waals surface area contributed by atoms with Crippen LogP contribution in [0, 0.1) is 6.92 Å². The number of benzene rings is 2. The highest BCUT2D eigenvalue weighted by Crippen LogP contribution is 2.34. The Morgan fingerprint density at radius 2 is 1.73 bits per heavy atom. The molecule has 4 rings (SSSR count). The van der Waals surface area contributed by atoms with Gasteiger partial charge in [-0.25, -0.2) is 9.67 Å². The summed E-state index contributed by atoms with van der Waals surface area (Å²) in [4.78, 5) is 4.27. The molecule has 0 aliphatic carbocycles. The second-order valence-corrected chi connectivity index (χ2v) is 6.29. The molecule has 4 aromatic rings. The topological polar surface area (TPSA) is 89.8 Å². The van der Waals surface area contributed by atoms with Crippen LogP contribution >= 0.6 is 0 Å². The van der Waals surface area contributed by atoms with Crippen LogP contribution in [0.4, 0.5) is 5.82 Å². The Bertz CT molecular complexity index is 1040. The van der Waals surface area contributed by atoms with Crippen LogP contribution in [-0.2, 0) is 0 Å². The number of hydrogen-bond donors (Lipinski definition) is 2. The van der Waals surface area contributed by atoms with E-state index in [9.17, 15) is 5.11 Å². The molecule has 0 fully saturated rings. The summed E-state index contributed by atoms with van der Waals surface area (Å²) < 4.78 is 1.75. The van der Waals surface area contributed by atoms with Gasteiger partial charge in [0.25, 0.3) is 0 Å². The number of nitrogens with two attached hydrogens (primary N) is 1. The van der Waals surface area contributed by atoms with Gasteiger partial charge in [-0.3, -0.25) is 0 Å². The summed E-state index contributed by atoms with van der Waals surface area (Å²) in [5.74, 6) is 0.477. The van der Waals surface area contributed by atoms with Crippen molar-refractivity contribution < 1.29 is 5.11 Å². The maximum absolute atomic E-state index is 11.2. The van der Waals surface area contributed by atoms with Gasteiger partial charge in [-0.15, -0.1) is 5.10 Å². The lowest BCUT2D eigenvalue weighted by Gasteiger charge is -2.24. The predicted molar refractivity (Wildman–Crippen MR) is 100 cm³/mol. The van der Waals surface area contributed by atoms with E-state index in [4.69, 9.17) is 5.73 Å². The number of nitrogens with zero attached hydrogens (tertiary/aromatic N) is 4. The summed E-state index contributed by atoms with van der Waals surface area (Å²) in [6, 6.07) is 18.7. The number of para-hydroxylation sites is 1. The lowest BCUT2D eigenvalue weighted by atomic mass is 9.96. The monoisotopic (exact) mass is 345 g/mol. The van der Waals surface area contributed by atoms with Crippen molar-refractivity contribution in [1.29, 1.82) is 0 Å². The fourth-order valence-electron chi connectivity index (χ4n) is 3.15. The highest BCUT2D eigenvalue weighted by molar-refractivity contribution is 5.74. The Kier molecular flexibility index (Phi) is 4.10. The lowest BCUT2D eigenvalue weighted by Crippen LogP contribution is -2.21. The second-order valence-electron chi connectivity index (χ2n) is 6.29. The molecule has 2 aromatic heterocycles. The number of anilines is 1. The molecule has 2 unspecified atom stereocenters. The molecule has 2 aromatic carbocycles. The molecular formula is C20H19N5O. The van der Waals surface area contributed by atoms with Crippen molar-refractivity contribution in [2.24, 2.45) is 0 Å². The molecule has 0 amide bonds. The third kappa shape index (κ3) is 2.80. The number of rotatable bonds is 4. The average molecular weight is 345 g/mol. The number of aryl methyl sites for hydroxylation is 1. The maximum atomic E-state index is 11.2. The van der Waals surface area contributed by atoms with E-state index in [1.54, 1.807) is 10.9 Å². The zero-order chi connectivity index (χ0) is 18.1. The molecule has 0 aliphatic heterocycles. The van der Waals surface area contributed by atoms with Crippen LogP contribution in [0.5, 0.6) is 0 Å². The van der Waals surface area contributed by atoms with Crippen molar-refractivity contribution in [3.63, 3.8) is 0 Å². The molecular weight excluding hydrogens is 326 g/mol. The minimum atomic E-state index is -0.814. The van der Waals surface area contributed by atoms with Crippen LogP contribution in [0.15, 0.2) is 66.9 Å². The predicted octanol–water partition coefficient (Wildman–Crippen LogP) is 3.04. The molecule has 130 valence electrons. The quantitative estimate of drug-likeness (QED) is 0.593. The number of aliphatic hydroxyl groups is 1. The Labute approximate surface area is 150 Å². The Morgan fingerprint density at radius 3 is 2.50 bits per heavy atom. The van der Waals surface area contributed by atoms with Crippen molar-refractivity contribution in [2.45, 2.75) is 19.1 Å². The summed E-state index contributed by atoms with van der Waals surface area (Å²) in [5, 5.41) is 19.7. The first-order valence-electron chi connectivity index (χ1n) is 8.40. The number of pyridine rings is 1. The molecule has 26 heavy (non-hydrogen) atoms. The number of aliphatic hydroxyl groups excluding tert-OH is 1. The summed E-state index contributed by atoms with van der Waals surface area (Å²) in [6.07, 6.45) is 0.876. The van der Waals surface area contributed by atoms with Crippen molar-refractivity contribution in [2.75, 3.05) is 5.73 Å². The largest absolute Gasteiger partial charge is 0.386 e. The molecule has 6 heteroatoms. The Hall–Kier alpha value is -3.25. The Balaban J connectivity index is 1.90. The SMILES string of the molecule is Cc1cc(C(C(O)c2ccccc2)n2nnc3ccccc32)cnc1N. The fraction of sp³-hybridized carbons (Fsp3) is 0.150. The summed E-state index contributed by atoms with van der Waals surface area (Å²) in [7, 11) is 0. The highest BCUT2D eigenvalue weighted by Gasteiger charge is 2.28. The number of hydrogen-bond acceptors (Lipinski definition) is 5. The van der Waals surface area contributed by atoms with E-state index in [-0.39, 0.29) is 0 Å². The molecule has 0 radical (unpaired) electrons. The lowest BCUT2D eigenvalue weighted by molar-refractivity contribution is 0.126. The van der Waals surface area contributed by atoms with E-state index in [1.807, 2.05) is 67.6 Å². The van der Waals surface area contributed by atoms with E-state index in [2.05, 4.69) is 15.3 Å². The van der Waals surface area contributed by atoms with Gasteiger partial charge in [0.2, 0.25) is 0 Å². The zero-order valence-corrected chi connectivity index (χ0v) is 14.3. The van der Waals surface area contributed by atoms with E-state index in [0.29, 0.717) is 5.82 Å². The van der Waals surface area contributed by atoms with Crippen molar-refractivity contribution in [3.8, 4) is 0 Å². The van der Waals surface area contributed by atoms with Crippen LogP contribution in [-0.4, -0.2) is 25.1 Å². The van der Waals surface area contributed by atoms with Crippen molar-refractivity contribution in [1.82, 2.24) is 20.0 Å². The van der Waals surface area contributed by atoms with Crippen LogP contribution in [0.2, 0.25) is 0 Å². The first-order valence-corrected chi connectivity index (χ1v) is 8.40. The van der Waals surface area contributed by atoms with Gasteiger partial charge in [0, 0.05) is 6.20 Å². The van der Waals surface area contributed by atoms with E-state index >= 15 is 0 Å². The first-order chi connectivity index (χ1) is 12.6. The molecule has 0 spiro atoms. The van der Waals surface area contributed by atoms with Gasteiger partial charge < -0.3 is 10.8 Å². The second kappa shape index (κ2) is 6.57. The fourth-order valence-corrected chi connectivity index (χ4v) is 3.15. The molecule has 2 atom stereocenters. The highest BCUT2D eigenvalue weighted by atomic mass is 16.3. The molecule has 0 bridgehead atoms. The number of fused-ring (bicyclic) bond motifs is 1. The van der Waals surface area contributed by atoms with Crippen LogP contribution in [0.1, 0.15) is 28.8 Å². The van der Waals surface area contributed by atoms with Gasteiger partial charge in [0.1, 0.15) is 23.5 Å². The van der Waals surface area contributed by atoms with Crippen LogP contribution in [0.3, 0.4) is 0 Å². The summed E-state index contributed by atoms with van der Waals surface area (Å²) >= 11 is 0. The minimum absolute atomic E-state index is 0.475. The van der Waals surface area contributed by atoms with E-state index in [1.165, 1.54) is 0 Å². The number of aromatic nitrogens is 4. The third-order valence-electron chi connectivity index (χ3n) is 4.56. The van der Waals surface area contributed by atoms with Crippen molar-refractivity contribution >= 4 is 16.9 Å². The maximum Gasteiger partial charge on any atom is 0.126 e. The standard InChI is InChI=1S/C20H19N5O/c1-13-11-15(12-22-20(13)21)18(19(26)14-7-3-2-4-8-14)25-17-10-6-5-9-16(17)23-24-25/h2-12,18-19,26H,1H3,(H2,21,22). The van der Waals surface area contributed by atoms with E-state index in [0.717, 1.165) is 27.7 Å². The normalized spacial score (nSPS) is 13.6. The first kappa shape index (κ1) is 16.2. The molecule has 0 saturated heterocycles. The van der Waals surface area contributed by atoms with Gasteiger partial charge in [0.15, 0.2) is 0 Å². The average Bonchev–Trinajstić information content (AvgIpc) is 3.09. The van der Waals surface area contributed by atoms with Gasteiger partial charge in [-0.1, -0.05) is 47.7 Å². The summed E-state index contributed by atoms with van der Waals surface area (Å²) in [5.41, 5.74) is 9.98. The van der Waals surface area contributed by atoms with Gasteiger partial charge in [-0.2, -0.15) is 0 Å². The minimum Gasteiger partial charge on any atom is -0.386 e. The third-order valence-corrected chi connectivity index (χ3v) is 4.56. The molecule has 6 nitrogen and oxygen atoms in total. The number of nitrogen functional groups attached to an aromatic ring is 1. The zero-order valence-electron chi connectivity index (χ0n) is 14.3. The summed E-state index contributed by atoms with van der Waals surface area (Å²) in [6.45, 7) is 1.90. The van der Waals surface area contributed by atoms with Crippen LogP contribution < -0.4 is 5.73 Å². The van der Waals surface area contributed by atoms with Gasteiger partial charge in [0.05, 0.1) is 5.52 Å². The van der Waals surface area contributed by atoms with Crippen molar-refractivity contribution in [3.05, 3.63) is 83.6 Å². The molecule has 3 N–H and O–H groups in total. The molecule has 0 saturated carbocycles.